The van der Waals surface area contributed by atoms with E-state index in [1.807, 2.05) is 37.3 Å². The fourth-order valence-corrected chi connectivity index (χ4v) is 3.62. The average Bonchev–Trinajstić information content (AvgIpc) is 2.44. The molecule has 7 heteroatoms. The molecule has 1 unspecified atom stereocenters. The Kier molecular flexibility index (Phi) is 9.87. The van der Waals surface area contributed by atoms with Gasteiger partial charge in [-0.2, -0.15) is 17.4 Å². The number of hydrogen-bond donors (Lipinski definition) is 2. The van der Waals surface area contributed by atoms with Gasteiger partial charge in [0.25, 0.3) is 10.2 Å². The number of halogens is 1. The molecular formula is C15H28ClN3O2S. The van der Waals surface area contributed by atoms with Gasteiger partial charge in [0, 0.05) is 25.7 Å². The third-order valence-electron chi connectivity index (χ3n) is 3.25. The van der Waals surface area contributed by atoms with Gasteiger partial charge in [0.05, 0.1) is 0 Å². The van der Waals surface area contributed by atoms with Crippen LogP contribution >= 0.6 is 12.4 Å². The molecule has 5 nitrogen and oxygen atoms in total. The molecular weight excluding hydrogens is 322 g/mol. The smallest absolute Gasteiger partial charge is 0.280 e. The molecule has 1 aromatic carbocycles. The summed E-state index contributed by atoms with van der Waals surface area (Å²) in [6.07, 6.45) is 0.735. The second kappa shape index (κ2) is 10.2. The van der Waals surface area contributed by atoms with Crippen molar-refractivity contribution in [3.63, 3.8) is 0 Å². The maximum absolute atomic E-state index is 12.5. The van der Waals surface area contributed by atoms with Crippen LogP contribution in [-0.4, -0.2) is 31.9 Å². The van der Waals surface area contributed by atoms with E-state index < -0.39 is 10.2 Å². The topological polar surface area (TPSA) is 75.4 Å². The summed E-state index contributed by atoms with van der Waals surface area (Å²) in [6, 6.07) is 9.36. The predicted molar refractivity (Wildman–Crippen MR) is 94.1 cm³/mol. The Morgan fingerprint density at radius 3 is 2.27 bits per heavy atom. The lowest BCUT2D eigenvalue weighted by atomic mass is 10.1. The summed E-state index contributed by atoms with van der Waals surface area (Å²) in [4.78, 5) is 0. The van der Waals surface area contributed by atoms with Crippen LogP contribution in [0.25, 0.3) is 0 Å². The first-order chi connectivity index (χ1) is 9.89. The molecule has 3 N–H and O–H groups in total. The summed E-state index contributed by atoms with van der Waals surface area (Å²) < 4.78 is 29.1. The van der Waals surface area contributed by atoms with E-state index in [0.717, 1.165) is 12.0 Å². The van der Waals surface area contributed by atoms with Crippen molar-refractivity contribution in [1.82, 2.24) is 9.03 Å². The molecule has 0 aliphatic heterocycles. The Morgan fingerprint density at radius 1 is 1.23 bits per heavy atom. The maximum Gasteiger partial charge on any atom is 0.280 e. The summed E-state index contributed by atoms with van der Waals surface area (Å²) in [5.74, 6) is 0.394. The number of nitrogens with two attached hydrogens (primary N) is 1. The Morgan fingerprint density at radius 2 is 1.82 bits per heavy atom. The third-order valence-corrected chi connectivity index (χ3v) is 4.95. The lowest BCUT2D eigenvalue weighted by Gasteiger charge is -2.25. The standard InChI is InChI=1S/C15H27N3O2S.ClH/c1-4-18(12-14-8-6-5-7-9-14)21(19,20)17-15(11-16)10-13(2)3;/h5-9,13,15,17H,4,10-12,16H2,1-3H3;1H. The molecule has 0 saturated heterocycles. The van der Waals surface area contributed by atoms with Gasteiger partial charge in [0.2, 0.25) is 0 Å². The molecule has 0 heterocycles. The molecule has 0 amide bonds. The number of nitrogens with zero attached hydrogens (tertiary/aromatic N) is 1. The highest BCUT2D eigenvalue weighted by molar-refractivity contribution is 7.87. The van der Waals surface area contributed by atoms with Gasteiger partial charge in [-0.1, -0.05) is 51.1 Å². The Balaban J connectivity index is 0.00000441. The first-order valence-corrected chi connectivity index (χ1v) is 8.84. The largest absolute Gasteiger partial charge is 0.329 e. The Labute approximate surface area is 140 Å². The molecule has 22 heavy (non-hydrogen) atoms. The zero-order chi connectivity index (χ0) is 15.9. The second-order valence-electron chi connectivity index (χ2n) is 5.60. The van der Waals surface area contributed by atoms with Crippen molar-refractivity contribution in [2.24, 2.45) is 11.7 Å². The van der Waals surface area contributed by atoms with Crippen molar-refractivity contribution < 1.29 is 8.42 Å². The molecule has 0 bridgehead atoms. The van der Waals surface area contributed by atoms with Crippen LogP contribution < -0.4 is 10.5 Å². The molecule has 0 fully saturated rings. The van der Waals surface area contributed by atoms with Crippen LogP contribution in [-0.2, 0) is 16.8 Å². The molecule has 0 spiro atoms. The van der Waals surface area contributed by atoms with Gasteiger partial charge < -0.3 is 5.73 Å². The van der Waals surface area contributed by atoms with E-state index >= 15 is 0 Å². The molecule has 0 saturated carbocycles. The lowest BCUT2D eigenvalue weighted by molar-refractivity contribution is 0.394. The minimum atomic E-state index is -3.52. The molecule has 0 aliphatic carbocycles. The van der Waals surface area contributed by atoms with Gasteiger partial charge in [-0.25, -0.2) is 0 Å². The van der Waals surface area contributed by atoms with E-state index in [0.29, 0.717) is 25.6 Å². The fraction of sp³-hybridized carbons (Fsp3) is 0.600. The number of benzene rings is 1. The van der Waals surface area contributed by atoms with Gasteiger partial charge in [-0.05, 0) is 17.9 Å². The van der Waals surface area contributed by atoms with E-state index in [-0.39, 0.29) is 18.4 Å². The van der Waals surface area contributed by atoms with Crippen LogP contribution in [0.1, 0.15) is 32.8 Å². The van der Waals surface area contributed by atoms with E-state index in [1.165, 1.54) is 4.31 Å². The minimum Gasteiger partial charge on any atom is -0.329 e. The summed E-state index contributed by atoms with van der Waals surface area (Å²) >= 11 is 0. The fourth-order valence-electron chi connectivity index (χ4n) is 2.20. The maximum atomic E-state index is 12.5. The summed E-state index contributed by atoms with van der Waals surface area (Å²) in [5, 5.41) is 0. The predicted octanol–water partition coefficient (Wildman–Crippen LogP) is 2.14. The van der Waals surface area contributed by atoms with Crippen LogP contribution in [0.2, 0.25) is 0 Å². The normalized spacial score (nSPS) is 13.2. The number of rotatable bonds is 9. The van der Waals surface area contributed by atoms with Gasteiger partial charge in [-0.15, -0.1) is 12.4 Å². The van der Waals surface area contributed by atoms with Crippen LogP contribution in [0.4, 0.5) is 0 Å². The van der Waals surface area contributed by atoms with E-state index in [2.05, 4.69) is 18.6 Å². The quantitative estimate of drug-likeness (QED) is 0.717. The molecule has 1 rings (SSSR count). The first kappa shape index (κ1) is 21.3. The van der Waals surface area contributed by atoms with Crippen molar-refractivity contribution in [3.8, 4) is 0 Å². The van der Waals surface area contributed by atoms with Gasteiger partial charge in [0.15, 0.2) is 0 Å². The van der Waals surface area contributed by atoms with E-state index in [4.69, 9.17) is 5.73 Å². The second-order valence-corrected chi connectivity index (χ2v) is 7.30. The summed E-state index contributed by atoms with van der Waals surface area (Å²) in [6.45, 7) is 7.04. The molecule has 1 aromatic rings. The van der Waals surface area contributed by atoms with Gasteiger partial charge in [-0.3, -0.25) is 0 Å². The van der Waals surface area contributed by atoms with Crippen LogP contribution in [0.3, 0.4) is 0 Å². The van der Waals surface area contributed by atoms with E-state index in [9.17, 15) is 8.42 Å². The minimum absolute atomic E-state index is 0. The van der Waals surface area contributed by atoms with Crippen molar-refractivity contribution in [2.45, 2.75) is 39.8 Å². The van der Waals surface area contributed by atoms with Crippen molar-refractivity contribution in [2.75, 3.05) is 13.1 Å². The zero-order valence-electron chi connectivity index (χ0n) is 13.5. The first-order valence-electron chi connectivity index (χ1n) is 7.40. The van der Waals surface area contributed by atoms with Crippen molar-refractivity contribution in [3.05, 3.63) is 35.9 Å². The van der Waals surface area contributed by atoms with Crippen LogP contribution in [0.15, 0.2) is 30.3 Å². The average molecular weight is 350 g/mol. The summed E-state index contributed by atoms with van der Waals surface area (Å²) in [5.41, 5.74) is 6.65. The Bertz CT molecular complexity index is 509. The number of nitrogens with one attached hydrogen (secondary N) is 1. The third kappa shape index (κ3) is 7.07. The SMILES string of the molecule is CCN(Cc1ccccc1)S(=O)(=O)NC(CN)CC(C)C.Cl. The lowest BCUT2D eigenvalue weighted by Crippen LogP contribution is -2.48. The van der Waals surface area contributed by atoms with Gasteiger partial charge in [0.1, 0.15) is 0 Å². The van der Waals surface area contributed by atoms with Crippen LogP contribution in [0.5, 0.6) is 0 Å². The zero-order valence-corrected chi connectivity index (χ0v) is 15.2. The van der Waals surface area contributed by atoms with Gasteiger partial charge >= 0.3 is 0 Å². The molecule has 0 aromatic heterocycles. The molecule has 1 atom stereocenters. The highest BCUT2D eigenvalue weighted by atomic mass is 35.5. The number of hydrogen-bond acceptors (Lipinski definition) is 3. The highest BCUT2D eigenvalue weighted by Crippen LogP contribution is 2.10. The van der Waals surface area contributed by atoms with Crippen molar-refractivity contribution >= 4 is 22.6 Å². The van der Waals surface area contributed by atoms with Crippen molar-refractivity contribution in [1.29, 1.82) is 0 Å². The molecule has 0 aliphatic rings. The van der Waals surface area contributed by atoms with Crippen LogP contribution in [0, 0.1) is 5.92 Å². The summed E-state index contributed by atoms with van der Waals surface area (Å²) in [7, 11) is -3.52. The van der Waals surface area contributed by atoms with E-state index in [1.54, 1.807) is 0 Å². The highest BCUT2D eigenvalue weighted by Gasteiger charge is 2.24. The Hall–Kier alpha value is -0.660. The molecule has 0 radical (unpaired) electrons. The molecule has 128 valence electrons. The monoisotopic (exact) mass is 349 g/mol.